The molecule has 1 aromatic heterocycles. The predicted molar refractivity (Wildman–Crippen MR) is 101 cm³/mol. The van der Waals surface area contributed by atoms with Crippen molar-refractivity contribution in [2.75, 3.05) is 30.7 Å². The molecule has 2 heterocycles. The second kappa shape index (κ2) is 8.96. The number of halogens is 1. The number of anilines is 1. The van der Waals surface area contributed by atoms with E-state index < -0.39 is 0 Å². The third-order valence-electron chi connectivity index (χ3n) is 3.71. The van der Waals surface area contributed by atoms with Crippen LogP contribution in [-0.4, -0.2) is 53.0 Å². The molecule has 2 aromatic rings. The standard InChI is InChI=1S/C17H17FN4O3S2/c18-11-1-3-12(4-2-11)20-15(24)10-27-17-21-13(9-26-17)7-16(25)22-6-5-19-14(23)8-22/h1-4,9H,5-8,10H2,(H,19,23)(H,20,24). The number of nitrogens with zero attached hydrogens (tertiary/aromatic N) is 2. The summed E-state index contributed by atoms with van der Waals surface area (Å²) in [6.45, 7) is 1.04. The minimum Gasteiger partial charge on any atom is -0.353 e. The fourth-order valence-corrected chi connectivity index (χ4v) is 4.06. The number of hydrogen-bond donors (Lipinski definition) is 2. The molecule has 0 unspecified atom stereocenters. The SMILES string of the molecule is O=C1CN(C(=O)Cc2csc(SCC(=O)Nc3ccc(F)cc3)n2)CCN1. The van der Waals surface area contributed by atoms with Crippen LogP contribution in [0.4, 0.5) is 10.1 Å². The number of thiazole rings is 1. The number of thioether (sulfide) groups is 1. The lowest BCUT2D eigenvalue weighted by molar-refractivity contribution is -0.137. The van der Waals surface area contributed by atoms with Gasteiger partial charge in [0, 0.05) is 24.2 Å². The highest BCUT2D eigenvalue weighted by Gasteiger charge is 2.22. The maximum absolute atomic E-state index is 12.9. The number of hydrogen-bond acceptors (Lipinski definition) is 6. The van der Waals surface area contributed by atoms with Gasteiger partial charge >= 0.3 is 0 Å². The van der Waals surface area contributed by atoms with Gasteiger partial charge in [0.2, 0.25) is 17.7 Å². The molecule has 27 heavy (non-hydrogen) atoms. The van der Waals surface area contributed by atoms with Crippen LogP contribution in [0.25, 0.3) is 0 Å². The van der Waals surface area contributed by atoms with Gasteiger partial charge in [0.05, 0.1) is 24.4 Å². The number of rotatable bonds is 6. The van der Waals surface area contributed by atoms with Gasteiger partial charge < -0.3 is 15.5 Å². The Morgan fingerprint density at radius 2 is 2.11 bits per heavy atom. The molecule has 1 saturated heterocycles. The molecule has 3 amide bonds. The second-order valence-corrected chi connectivity index (χ2v) is 7.87. The summed E-state index contributed by atoms with van der Waals surface area (Å²) in [5.74, 6) is -0.724. The Kier molecular flexibility index (Phi) is 6.40. The Balaban J connectivity index is 1.46. The lowest BCUT2D eigenvalue weighted by atomic mass is 10.2. The zero-order valence-electron chi connectivity index (χ0n) is 14.2. The monoisotopic (exact) mass is 408 g/mol. The molecular formula is C17H17FN4O3S2. The van der Waals surface area contributed by atoms with E-state index in [4.69, 9.17) is 0 Å². The molecular weight excluding hydrogens is 391 g/mol. The first-order valence-corrected chi connectivity index (χ1v) is 10.0. The Morgan fingerprint density at radius 3 is 2.85 bits per heavy atom. The van der Waals surface area contributed by atoms with Gasteiger partial charge in [-0.3, -0.25) is 14.4 Å². The first kappa shape index (κ1) is 19.3. The van der Waals surface area contributed by atoms with E-state index in [1.807, 2.05) is 0 Å². The van der Waals surface area contributed by atoms with Gasteiger partial charge in [-0.1, -0.05) is 11.8 Å². The number of piperazine rings is 1. The van der Waals surface area contributed by atoms with E-state index in [1.54, 1.807) is 5.38 Å². The molecule has 0 spiro atoms. The van der Waals surface area contributed by atoms with Gasteiger partial charge in [0.25, 0.3) is 0 Å². The van der Waals surface area contributed by atoms with Crippen molar-refractivity contribution in [3.63, 3.8) is 0 Å². The van der Waals surface area contributed by atoms with Crippen molar-refractivity contribution in [2.24, 2.45) is 0 Å². The molecule has 1 fully saturated rings. The van der Waals surface area contributed by atoms with Crippen molar-refractivity contribution in [1.82, 2.24) is 15.2 Å². The van der Waals surface area contributed by atoms with E-state index in [9.17, 15) is 18.8 Å². The van der Waals surface area contributed by atoms with Gasteiger partial charge in [-0.25, -0.2) is 9.37 Å². The molecule has 142 valence electrons. The van der Waals surface area contributed by atoms with Gasteiger partial charge in [0.15, 0.2) is 4.34 Å². The summed E-state index contributed by atoms with van der Waals surface area (Å²) in [6.07, 6.45) is 0.131. The maximum Gasteiger partial charge on any atom is 0.239 e. The summed E-state index contributed by atoms with van der Waals surface area (Å²) in [5.41, 5.74) is 1.15. The summed E-state index contributed by atoms with van der Waals surface area (Å²) < 4.78 is 13.5. The van der Waals surface area contributed by atoms with Crippen LogP contribution < -0.4 is 10.6 Å². The van der Waals surface area contributed by atoms with Crippen LogP contribution in [0.15, 0.2) is 34.0 Å². The van der Waals surface area contributed by atoms with Gasteiger partial charge in [-0.2, -0.15) is 0 Å². The molecule has 0 radical (unpaired) electrons. The number of benzene rings is 1. The topological polar surface area (TPSA) is 91.4 Å². The highest BCUT2D eigenvalue weighted by atomic mass is 32.2. The Labute approximate surface area is 163 Å². The third-order valence-corrected chi connectivity index (χ3v) is 5.78. The molecule has 10 heteroatoms. The molecule has 1 aliphatic heterocycles. The number of aromatic nitrogens is 1. The van der Waals surface area contributed by atoms with E-state index in [2.05, 4.69) is 15.6 Å². The van der Waals surface area contributed by atoms with Crippen molar-refractivity contribution in [1.29, 1.82) is 0 Å². The fraction of sp³-hybridized carbons (Fsp3) is 0.294. The van der Waals surface area contributed by atoms with Crippen LogP contribution in [0.3, 0.4) is 0 Å². The van der Waals surface area contributed by atoms with Crippen molar-refractivity contribution in [2.45, 2.75) is 10.8 Å². The van der Waals surface area contributed by atoms with E-state index in [-0.39, 0.29) is 42.3 Å². The van der Waals surface area contributed by atoms with E-state index in [1.165, 1.54) is 52.3 Å². The normalized spacial score (nSPS) is 14.0. The number of nitrogens with one attached hydrogen (secondary N) is 2. The van der Waals surface area contributed by atoms with Crippen LogP contribution in [0.1, 0.15) is 5.69 Å². The van der Waals surface area contributed by atoms with Crippen LogP contribution in [-0.2, 0) is 20.8 Å². The zero-order valence-corrected chi connectivity index (χ0v) is 15.9. The van der Waals surface area contributed by atoms with Crippen LogP contribution in [0, 0.1) is 5.82 Å². The molecule has 2 N–H and O–H groups in total. The molecule has 3 rings (SSSR count). The van der Waals surface area contributed by atoms with E-state index in [0.29, 0.717) is 28.8 Å². The first-order valence-electron chi connectivity index (χ1n) is 8.17. The number of carbonyl (C=O) groups excluding carboxylic acids is 3. The molecule has 1 aliphatic rings. The molecule has 0 bridgehead atoms. The fourth-order valence-electron chi connectivity index (χ4n) is 2.41. The van der Waals surface area contributed by atoms with Gasteiger partial charge in [0.1, 0.15) is 5.82 Å². The second-order valence-electron chi connectivity index (χ2n) is 5.79. The highest BCUT2D eigenvalue weighted by Crippen LogP contribution is 2.23. The lowest BCUT2D eigenvalue weighted by Crippen LogP contribution is -2.50. The smallest absolute Gasteiger partial charge is 0.239 e. The molecule has 1 aromatic carbocycles. The summed E-state index contributed by atoms with van der Waals surface area (Å²) in [6, 6.07) is 5.54. The van der Waals surface area contributed by atoms with Gasteiger partial charge in [-0.05, 0) is 24.3 Å². The van der Waals surface area contributed by atoms with Crippen LogP contribution in [0.2, 0.25) is 0 Å². The molecule has 0 saturated carbocycles. The van der Waals surface area contributed by atoms with Crippen molar-refractivity contribution < 1.29 is 18.8 Å². The Morgan fingerprint density at radius 1 is 1.33 bits per heavy atom. The third kappa shape index (κ3) is 5.76. The number of carbonyl (C=O) groups is 3. The zero-order chi connectivity index (χ0) is 19.2. The largest absolute Gasteiger partial charge is 0.353 e. The lowest BCUT2D eigenvalue weighted by Gasteiger charge is -2.26. The van der Waals surface area contributed by atoms with Crippen molar-refractivity contribution in [3.05, 3.63) is 41.2 Å². The highest BCUT2D eigenvalue weighted by molar-refractivity contribution is 8.01. The molecule has 7 nitrogen and oxygen atoms in total. The summed E-state index contributed by atoms with van der Waals surface area (Å²) in [4.78, 5) is 41.4. The average Bonchev–Trinajstić information content (AvgIpc) is 3.09. The predicted octanol–water partition coefficient (Wildman–Crippen LogP) is 1.51. The Hall–Kier alpha value is -2.46. The molecule has 0 atom stereocenters. The summed E-state index contributed by atoms with van der Waals surface area (Å²) >= 11 is 2.63. The van der Waals surface area contributed by atoms with Gasteiger partial charge in [-0.15, -0.1) is 11.3 Å². The summed E-state index contributed by atoms with van der Waals surface area (Å²) in [7, 11) is 0. The Bertz CT molecular complexity index is 841. The average molecular weight is 408 g/mol. The quantitative estimate of drug-likeness (QED) is 0.707. The van der Waals surface area contributed by atoms with Crippen molar-refractivity contribution >= 4 is 46.5 Å². The minimum atomic E-state index is -0.364. The number of amides is 3. The van der Waals surface area contributed by atoms with Crippen molar-refractivity contribution in [3.8, 4) is 0 Å². The van der Waals surface area contributed by atoms with E-state index >= 15 is 0 Å². The minimum absolute atomic E-state index is 0.0775. The van der Waals surface area contributed by atoms with E-state index in [0.717, 1.165) is 0 Å². The summed E-state index contributed by atoms with van der Waals surface area (Å²) in [5, 5.41) is 7.13. The maximum atomic E-state index is 12.9. The van der Waals surface area contributed by atoms with Crippen LogP contribution >= 0.6 is 23.1 Å². The first-order chi connectivity index (χ1) is 13.0. The molecule has 0 aliphatic carbocycles. The van der Waals surface area contributed by atoms with Crippen LogP contribution in [0.5, 0.6) is 0 Å².